The minimum absolute atomic E-state index is 1.11. The van der Waals surface area contributed by atoms with Crippen molar-refractivity contribution >= 4 is 136 Å². The van der Waals surface area contributed by atoms with Crippen LogP contribution in [-0.4, -0.2) is 0 Å². The highest BCUT2D eigenvalue weighted by Gasteiger charge is 2.34. The van der Waals surface area contributed by atoms with E-state index >= 15 is 0 Å². The van der Waals surface area contributed by atoms with Gasteiger partial charge >= 0.3 is 0 Å². The van der Waals surface area contributed by atoms with E-state index in [1.165, 1.54) is 180 Å². The van der Waals surface area contributed by atoms with Gasteiger partial charge in [0.2, 0.25) is 0 Å². The quantitative estimate of drug-likeness (QED) is 0.118. The summed E-state index contributed by atoms with van der Waals surface area (Å²) in [5, 5.41) is 29.2. The summed E-state index contributed by atoms with van der Waals surface area (Å²) in [6, 6.07) is 101. The van der Waals surface area contributed by atoms with E-state index in [-0.39, 0.29) is 0 Å². The number of para-hydroxylation sites is 2. The maximum absolute atomic E-state index is 2.50. The second kappa shape index (κ2) is 16.3. The fourth-order valence-electron chi connectivity index (χ4n) is 15.7. The van der Waals surface area contributed by atoms with Crippen molar-refractivity contribution < 1.29 is 0 Å². The number of benzene rings is 16. The van der Waals surface area contributed by atoms with Crippen LogP contribution >= 0.6 is 0 Å². The third-order valence-electron chi connectivity index (χ3n) is 18.9. The van der Waals surface area contributed by atoms with Crippen molar-refractivity contribution in [3.8, 4) is 55.6 Å². The average Bonchev–Trinajstić information content (AvgIpc) is 1.82. The van der Waals surface area contributed by atoms with Crippen molar-refractivity contribution in [2.24, 2.45) is 0 Å². The van der Waals surface area contributed by atoms with E-state index in [4.69, 9.17) is 0 Å². The van der Waals surface area contributed by atoms with E-state index in [1.54, 1.807) is 0 Å². The Kier molecular flexibility index (Phi) is 8.78. The molecule has 0 saturated heterocycles. The van der Waals surface area contributed by atoms with E-state index in [0.29, 0.717) is 0 Å². The van der Waals surface area contributed by atoms with Crippen LogP contribution in [0.4, 0.5) is 17.1 Å². The first kappa shape index (κ1) is 44.3. The van der Waals surface area contributed by atoms with E-state index in [9.17, 15) is 0 Å². The van der Waals surface area contributed by atoms with Gasteiger partial charge in [-0.05, 0) is 229 Å². The van der Waals surface area contributed by atoms with E-state index in [1.807, 2.05) is 0 Å². The lowest BCUT2D eigenvalue weighted by Crippen LogP contribution is -2.09. The van der Waals surface area contributed by atoms with Crippen LogP contribution < -0.4 is 4.90 Å². The Morgan fingerprint density at radius 1 is 0.207 bits per heavy atom. The second-order valence-corrected chi connectivity index (χ2v) is 22.9. The van der Waals surface area contributed by atoms with E-state index in [0.717, 1.165) is 17.1 Å². The van der Waals surface area contributed by atoms with Crippen LogP contribution in [0.15, 0.2) is 267 Å². The lowest BCUT2D eigenvalue weighted by Gasteiger charge is -2.27. The zero-order chi connectivity index (χ0) is 53.5. The summed E-state index contributed by atoms with van der Waals surface area (Å²) in [6.07, 6.45) is 0. The van der Waals surface area contributed by atoms with Crippen LogP contribution in [0.2, 0.25) is 0 Å². The molecule has 0 unspecified atom stereocenters. The monoisotopic (exact) mass is 1030 g/mol. The molecule has 82 heavy (non-hydrogen) atoms. The Bertz CT molecular complexity index is 5670. The third-order valence-corrected chi connectivity index (χ3v) is 18.9. The zero-order valence-corrected chi connectivity index (χ0v) is 44.9. The molecule has 0 aliphatic heterocycles. The fourth-order valence-corrected chi connectivity index (χ4v) is 15.7. The van der Waals surface area contributed by atoms with E-state index < -0.39 is 0 Å². The summed E-state index contributed by atoms with van der Waals surface area (Å²) in [5.41, 5.74) is 17.4. The van der Waals surface area contributed by atoms with Crippen LogP contribution in [0.3, 0.4) is 0 Å². The molecule has 0 atom stereocenters. The number of nitrogens with zero attached hydrogens (tertiary/aromatic N) is 1. The van der Waals surface area contributed by atoms with Crippen molar-refractivity contribution in [3.63, 3.8) is 0 Å². The van der Waals surface area contributed by atoms with Gasteiger partial charge in [-0.2, -0.15) is 0 Å². The predicted octanol–water partition coefficient (Wildman–Crippen LogP) is 23.1. The van der Waals surface area contributed by atoms with Gasteiger partial charge in [-0.1, -0.05) is 224 Å². The molecule has 376 valence electrons. The van der Waals surface area contributed by atoms with Gasteiger partial charge in [-0.15, -0.1) is 0 Å². The van der Waals surface area contributed by atoms with Crippen LogP contribution in [-0.2, 0) is 0 Å². The molecule has 0 aromatic heterocycles. The number of fused-ring (bicyclic) bond motifs is 15. The minimum atomic E-state index is 1.11. The fraction of sp³-hybridized carbons (Fsp3) is 0.0123. The molecule has 18 aromatic carbocycles. The van der Waals surface area contributed by atoms with Crippen molar-refractivity contribution in [1.82, 2.24) is 0 Å². The molecule has 1 aliphatic carbocycles. The standard InChI is InChI=1S/C81H47N/c1-46-20-14-16-30-53(46)70-67-44-49-25-15-17-31-54(49)71-55-32-18-19-33-56(55)76(81(67)71)80-65-43-39-60-58-37-41-63-74-62(40-36-57(72(58)74)59-38-42-64(79(70)80)75(65)73(59)60)77-68(47-21-6-2-7-22-47)61-35-34-52(45-66(61)69(78(63)77)48-23-8-3-9-24-48)82(50-26-10-4-11-27-50)51-28-12-5-13-29-51/h2-45H,1H3. The third kappa shape index (κ3) is 5.67. The Balaban J connectivity index is 0.945. The SMILES string of the molecule is Cc1ccccc1-c1c2cc3ccccc3c3c4ccccc4c(c4c5ccc6c7ccc8c9c(ccc(c%10ccc(c14)c5c%106)c97)-c1c-8c(-c4ccccc4)c4cc(N(c5ccccc5)c5ccccc5)ccc4c1-c1ccccc1)c23. The largest absolute Gasteiger partial charge is 0.310 e. The highest BCUT2D eigenvalue weighted by molar-refractivity contribution is 6.53. The first-order chi connectivity index (χ1) is 40.7. The average molecular weight is 1030 g/mol. The molecular weight excluding hydrogens is 987 g/mol. The normalized spacial score (nSPS) is 12.5. The molecule has 1 aliphatic rings. The first-order valence-electron chi connectivity index (χ1n) is 28.8. The Hall–Kier alpha value is -10.6. The molecule has 19 rings (SSSR count). The molecule has 0 saturated carbocycles. The van der Waals surface area contributed by atoms with Gasteiger partial charge in [0.25, 0.3) is 0 Å². The number of hydrogen-bond donors (Lipinski definition) is 0. The first-order valence-corrected chi connectivity index (χ1v) is 28.8. The topological polar surface area (TPSA) is 3.24 Å². The van der Waals surface area contributed by atoms with Gasteiger partial charge in [-0.25, -0.2) is 0 Å². The van der Waals surface area contributed by atoms with Gasteiger partial charge in [-0.3, -0.25) is 0 Å². The summed E-state index contributed by atoms with van der Waals surface area (Å²) in [7, 11) is 0. The highest BCUT2D eigenvalue weighted by atomic mass is 15.1. The molecule has 1 nitrogen and oxygen atoms in total. The highest BCUT2D eigenvalue weighted by Crippen LogP contribution is 2.62. The second-order valence-electron chi connectivity index (χ2n) is 22.9. The van der Waals surface area contributed by atoms with Crippen LogP contribution in [0.25, 0.3) is 174 Å². The molecule has 0 spiro atoms. The molecule has 1 heteroatoms. The Morgan fingerprint density at radius 2 is 0.622 bits per heavy atom. The van der Waals surface area contributed by atoms with Gasteiger partial charge in [0.1, 0.15) is 0 Å². The maximum atomic E-state index is 2.50. The lowest BCUT2D eigenvalue weighted by molar-refractivity contribution is 1.29. The molecule has 0 radical (unpaired) electrons. The van der Waals surface area contributed by atoms with Gasteiger partial charge < -0.3 is 4.90 Å². The molecule has 0 fully saturated rings. The van der Waals surface area contributed by atoms with Crippen molar-refractivity contribution in [2.75, 3.05) is 4.90 Å². The molecule has 0 amide bonds. The molecule has 0 N–H and O–H groups in total. The van der Waals surface area contributed by atoms with Gasteiger partial charge in [0.15, 0.2) is 0 Å². The molecule has 18 aromatic rings. The maximum Gasteiger partial charge on any atom is 0.0468 e. The van der Waals surface area contributed by atoms with Crippen LogP contribution in [0, 0.1) is 6.92 Å². The predicted molar refractivity (Wildman–Crippen MR) is 353 cm³/mol. The van der Waals surface area contributed by atoms with Crippen LogP contribution in [0.5, 0.6) is 0 Å². The number of rotatable bonds is 6. The van der Waals surface area contributed by atoms with Crippen molar-refractivity contribution in [3.05, 3.63) is 272 Å². The zero-order valence-electron chi connectivity index (χ0n) is 44.9. The molecule has 0 bridgehead atoms. The Labute approximate surface area is 472 Å². The molecule has 0 heterocycles. The van der Waals surface area contributed by atoms with Crippen molar-refractivity contribution in [2.45, 2.75) is 6.92 Å². The summed E-state index contributed by atoms with van der Waals surface area (Å²) in [4.78, 5) is 2.40. The number of aryl methyl sites for hydroxylation is 1. The lowest BCUT2D eigenvalue weighted by atomic mass is 9.82. The minimum Gasteiger partial charge on any atom is -0.310 e. The molecular formula is C81H47N. The number of hydrogen-bond acceptors (Lipinski definition) is 1. The van der Waals surface area contributed by atoms with Gasteiger partial charge in [0, 0.05) is 17.1 Å². The smallest absolute Gasteiger partial charge is 0.0468 e. The van der Waals surface area contributed by atoms with Gasteiger partial charge in [0.05, 0.1) is 0 Å². The summed E-state index contributed by atoms with van der Waals surface area (Å²) >= 11 is 0. The Morgan fingerprint density at radius 3 is 1.24 bits per heavy atom. The van der Waals surface area contributed by atoms with Crippen LogP contribution in [0.1, 0.15) is 5.56 Å². The number of anilines is 3. The van der Waals surface area contributed by atoms with E-state index in [2.05, 4.69) is 279 Å². The van der Waals surface area contributed by atoms with Crippen molar-refractivity contribution in [1.29, 1.82) is 0 Å². The summed E-state index contributed by atoms with van der Waals surface area (Å²) < 4.78 is 0. The summed E-state index contributed by atoms with van der Waals surface area (Å²) in [5.74, 6) is 0. The summed E-state index contributed by atoms with van der Waals surface area (Å²) in [6.45, 7) is 2.29.